The van der Waals surface area contributed by atoms with Crippen molar-refractivity contribution in [3.8, 4) is 5.75 Å². The predicted molar refractivity (Wildman–Crippen MR) is 78.4 cm³/mol. The Balaban J connectivity index is 2.26. The molecule has 102 valence electrons. The smallest absolute Gasteiger partial charge is 0.119 e. The molecule has 0 spiro atoms. The van der Waals surface area contributed by atoms with Crippen molar-refractivity contribution < 1.29 is 4.74 Å². The molecule has 0 aliphatic heterocycles. The first kappa shape index (κ1) is 15.0. The molecule has 0 fully saturated rings. The Kier molecular flexibility index (Phi) is 6.81. The van der Waals surface area contributed by atoms with E-state index in [1.807, 2.05) is 0 Å². The summed E-state index contributed by atoms with van der Waals surface area (Å²) < 4.78 is 5.93. The number of ether oxygens (including phenoxy) is 1. The van der Waals surface area contributed by atoms with Gasteiger partial charge in [0.15, 0.2) is 0 Å². The lowest BCUT2D eigenvalue weighted by Crippen LogP contribution is -2.19. The fourth-order valence-electron chi connectivity index (χ4n) is 1.89. The highest BCUT2D eigenvalue weighted by atomic mass is 16.5. The van der Waals surface area contributed by atoms with E-state index in [9.17, 15) is 0 Å². The highest BCUT2D eigenvalue weighted by Crippen LogP contribution is 2.18. The van der Waals surface area contributed by atoms with Gasteiger partial charge in [0.2, 0.25) is 0 Å². The van der Waals surface area contributed by atoms with Gasteiger partial charge in [0.05, 0.1) is 6.10 Å². The van der Waals surface area contributed by atoms with E-state index in [2.05, 4.69) is 51.2 Å². The van der Waals surface area contributed by atoms with E-state index in [0.717, 1.165) is 25.3 Å². The van der Waals surface area contributed by atoms with Crippen LogP contribution in [0.2, 0.25) is 0 Å². The van der Waals surface area contributed by atoms with Crippen LogP contribution in [-0.2, 0) is 0 Å². The van der Waals surface area contributed by atoms with E-state index >= 15 is 0 Å². The summed E-state index contributed by atoms with van der Waals surface area (Å²) in [5, 5.41) is 3.42. The lowest BCUT2D eigenvalue weighted by Gasteiger charge is -2.15. The summed E-state index contributed by atoms with van der Waals surface area (Å²) in [7, 11) is 0. The molecular weight excluding hydrogens is 222 g/mol. The van der Waals surface area contributed by atoms with Gasteiger partial charge >= 0.3 is 0 Å². The maximum Gasteiger partial charge on any atom is 0.119 e. The van der Waals surface area contributed by atoms with Gasteiger partial charge in [-0.2, -0.15) is 0 Å². The lowest BCUT2D eigenvalue weighted by atomic mass is 10.1. The van der Waals surface area contributed by atoms with Crippen LogP contribution in [0.25, 0.3) is 0 Å². The Morgan fingerprint density at radius 2 is 1.94 bits per heavy atom. The van der Waals surface area contributed by atoms with Crippen molar-refractivity contribution in [2.75, 3.05) is 13.1 Å². The number of hydrogen-bond acceptors (Lipinski definition) is 2. The molecule has 0 aliphatic rings. The Morgan fingerprint density at radius 1 is 1.17 bits per heavy atom. The Morgan fingerprint density at radius 3 is 2.61 bits per heavy atom. The highest BCUT2D eigenvalue weighted by Gasteiger charge is 2.04. The molecule has 0 radical (unpaired) electrons. The SMILES string of the molecule is CCCNCCCC(C)Oc1ccc(C)c(C)c1. The molecule has 1 rings (SSSR count). The third kappa shape index (κ3) is 5.54. The average Bonchev–Trinajstić information content (AvgIpc) is 2.34. The van der Waals surface area contributed by atoms with Gasteiger partial charge in [-0.3, -0.25) is 0 Å². The molecule has 0 aliphatic carbocycles. The highest BCUT2D eigenvalue weighted by molar-refractivity contribution is 5.33. The molecule has 0 saturated carbocycles. The standard InChI is InChI=1S/C16H27NO/c1-5-10-17-11-6-7-15(4)18-16-9-8-13(2)14(3)12-16/h8-9,12,15,17H,5-7,10-11H2,1-4H3. The second-order valence-electron chi connectivity index (χ2n) is 5.07. The number of hydrogen-bond donors (Lipinski definition) is 1. The van der Waals surface area contributed by atoms with Gasteiger partial charge in [-0.15, -0.1) is 0 Å². The minimum Gasteiger partial charge on any atom is -0.491 e. The van der Waals surface area contributed by atoms with E-state index in [1.54, 1.807) is 0 Å². The molecule has 2 heteroatoms. The maximum absolute atomic E-state index is 5.93. The first-order valence-electron chi connectivity index (χ1n) is 7.08. The summed E-state index contributed by atoms with van der Waals surface area (Å²) in [6, 6.07) is 6.32. The summed E-state index contributed by atoms with van der Waals surface area (Å²) >= 11 is 0. The molecule has 2 nitrogen and oxygen atoms in total. The second kappa shape index (κ2) is 8.15. The summed E-state index contributed by atoms with van der Waals surface area (Å²) in [5.74, 6) is 0.993. The summed E-state index contributed by atoms with van der Waals surface area (Å²) in [6.45, 7) is 10.8. The van der Waals surface area contributed by atoms with Crippen LogP contribution in [0.5, 0.6) is 5.75 Å². The largest absolute Gasteiger partial charge is 0.491 e. The summed E-state index contributed by atoms with van der Waals surface area (Å²) in [6.07, 6.45) is 3.76. The van der Waals surface area contributed by atoms with Gasteiger partial charge in [0.25, 0.3) is 0 Å². The fourth-order valence-corrected chi connectivity index (χ4v) is 1.89. The van der Waals surface area contributed by atoms with Crippen molar-refractivity contribution in [1.29, 1.82) is 0 Å². The number of nitrogens with one attached hydrogen (secondary N) is 1. The fraction of sp³-hybridized carbons (Fsp3) is 0.625. The van der Waals surface area contributed by atoms with Crippen LogP contribution < -0.4 is 10.1 Å². The maximum atomic E-state index is 5.93. The molecule has 1 atom stereocenters. The van der Waals surface area contributed by atoms with Crippen LogP contribution in [0.15, 0.2) is 18.2 Å². The van der Waals surface area contributed by atoms with Crippen LogP contribution in [0.1, 0.15) is 44.2 Å². The minimum absolute atomic E-state index is 0.288. The molecule has 1 aromatic rings. The van der Waals surface area contributed by atoms with Crippen molar-refractivity contribution in [3.63, 3.8) is 0 Å². The number of aryl methyl sites for hydroxylation is 2. The number of rotatable bonds is 8. The lowest BCUT2D eigenvalue weighted by molar-refractivity contribution is 0.207. The summed E-state index contributed by atoms with van der Waals surface area (Å²) in [5.41, 5.74) is 2.61. The van der Waals surface area contributed by atoms with Gasteiger partial charge in [0.1, 0.15) is 5.75 Å². The predicted octanol–water partition coefficient (Wildman–Crippen LogP) is 3.85. The van der Waals surface area contributed by atoms with Crippen LogP contribution in [0.4, 0.5) is 0 Å². The van der Waals surface area contributed by atoms with E-state index in [1.165, 1.54) is 24.0 Å². The molecule has 1 aromatic carbocycles. The van der Waals surface area contributed by atoms with Gasteiger partial charge < -0.3 is 10.1 Å². The Labute approximate surface area is 112 Å². The topological polar surface area (TPSA) is 21.3 Å². The van der Waals surface area contributed by atoms with E-state index < -0.39 is 0 Å². The van der Waals surface area contributed by atoms with Crippen molar-refractivity contribution in [3.05, 3.63) is 29.3 Å². The van der Waals surface area contributed by atoms with Crippen molar-refractivity contribution in [2.45, 2.75) is 53.1 Å². The van der Waals surface area contributed by atoms with Gasteiger partial charge in [-0.1, -0.05) is 13.0 Å². The van der Waals surface area contributed by atoms with E-state index in [-0.39, 0.29) is 6.10 Å². The molecule has 0 bridgehead atoms. The van der Waals surface area contributed by atoms with E-state index in [0.29, 0.717) is 0 Å². The van der Waals surface area contributed by atoms with E-state index in [4.69, 9.17) is 4.74 Å². The first-order chi connectivity index (χ1) is 8.63. The number of benzene rings is 1. The Hall–Kier alpha value is -1.02. The van der Waals surface area contributed by atoms with Crippen LogP contribution in [0.3, 0.4) is 0 Å². The zero-order valence-electron chi connectivity index (χ0n) is 12.3. The third-order valence-electron chi connectivity index (χ3n) is 3.21. The molecule has 18 heavy (non-hydrogen) atoms. The third-order valence-corrected chi connectivity index (χ3v) is 3.21. The summed E-state index contributed by atoms with van der Waals surface area (Å²) in [4.78, 5) is 0. The van der Waals surface area contributed by atoms with Crippen molar-refractivity contribution in [2.24, 2.45) is 0 Å². The van der Waals surface area contributed by atoms with Crippen molar-refractivity contribution >= 4 is 0 Å². The quantitative estimate of drug-likeness (QED) is 0.707. The molecule has 0 saturated heterocycles. The Bertz CT molecular complexity index is 349. The average molecular weight is 249 g/mol. The second-order valence-corrected chi connectivity index (χ2v) is 5.07. The molecule has 1 N–H and O–H groups in total. The zero-order valence-corrected chi connectivity index (χ0v) is 12.3. The van der Waals surface area contributed by atoms with Crippen molar-refractivity contribution in [1.82, 2.24) is 5.32 Å². The zero-order chi connectivity index (χ0) is 13.4. The van der Waals surface area contributed by atoms with Crippen LogP contribution in [0, 0.1) is 13.8 Å². The monoisotopic (exact) mass is 249 g/mol. The molecule has 0 amide bonds. The molecule has 0 heterocycles. The van der Waals surface area contributed by atoms with Crippen LogP contribution >= 0.6 is 0 Å². The van der Waals surface area contributed by atoms with Gasteiger partial charge in [-0.05, 0) is 76.4 Å². The first-order valence-corrected chi connectivity index (χ1v) is 7.08. The molecule has 0 aromatic heterocycles. The minimum atomic E-state index is 0.288. The van der Waals surface area contributed by atoms with Gasteiger partial charge in [-0.25, -0.2) is 0 Å². The van der Waals surface area contributed by atoms with Gasteiger partial charge in [0, 0.05) is 0 Å². The van der Waals surface area contributed by atoms with Crippen LogP contribution in [-0.4, -0.2) is 19.2 Å². The molecule has 1 unspecified atom stereocenters. The normalized spacial score (nSPS) is 12.4. The molecular formula is C16H27NO.